The van der Waals surface area contributed by atoms with Crippen LogP contribution in [-0.4, -0.2) is 22.1 Å². The van der Waals surface area contributed by atoms with Crippen LogP contribution in [0.25, 0.3) is 5.69 Å². The average Bonchev–Trinajstić information content (AvgIpc) is 3.25. The van der Waals surface area contributed by atoms with E-state index in [0.717, 1.165) is 17.0 Å². The molecule has 1 N–H and O–H groups in total. The Morgan fingerprint density at radius 1 is 1.11 bits per heavy atom. The third kappa shape index (κ3) is 3.26. The molecule has 0 saturated carbocycles. The third-order valence-corrected chi connectivity index (χ3v) is 4.90. The van der Waals surface area contributed by atoms with E-state index in [1.165, 1.54) is 0 Å². The predicted octanol–water partition coefficient (Wildman–Crippen LogP) is 2.78. The lowest BCUT2D eigenvalue weighted by Crippen LogP contribution is -2.23. The summed E-state index contributed by atoms with van der Waals surface area (Å²) < 4.78 is 13.9. The fourth-order valence-electron chi connectivity index (χ4n) is 3.27. The third-order valence-electron chi connectivity index (χ3n) is 4.90. The second-order valence-electron chi connectivity index (χ2n) is 6.67. The van der Waals surface area contributed by atoms with Crippen molar-refractivity contribution in [2.45, 2.75) is 19.8 Å². The van der Waals surface area contributed by atoms with E-state index in [1.807, 2.05) is 55.5 Å². The van der Waals surface area contributed by atoms with Gasteiger partial charge in [-0.2, -0.15) is 0 Å². The zero-order valence-electron chi connectivity index (χ0n) is 15.8. The van der Waals surface area contributed by atoms with Gasteiger partial charge in [-0.15, -0.1) is 0 Å². The van der Waals surface area contributed by atoms with E-state index < -0.39 is 0 Å². The van der Waals surface area contributed by atoms with Crippen molar-refractivity contribution in [1.29, 1.82) is 0 Å². The Morgan fingerprint density at radius 2 is 1.86 bits per heavy atom. The summed E-state index contributed by atoms with van der Waals surface area (Å²) in [6.45, 7) is 2.04. The van der Waals surface area contributed by atoms with Crippen molar-refractivity contribution in [3.05, 3.63) is 70.1 Å². The van der Waals surface area contributed by atoms with E-state index in [0.29, 0.717) is 23.6 Å². The molecule has 1 aliphatic rings. The second-order valence-corrected chi connectivity index (χ2v) is 6.67. The minimum Gasteiger partial charge on any atom is -0.454 e. The van der Waals surface area contributed by atoms with Crippen LogP contribution in [0.15, 0.2) is 53.3 Å². The smallest absolute Gasteiger partial charge is 0.295 e. The molecule has 144 valence electrons. The second kappa shape index (κ2) is 7.26. The minimum atomic E-state index is -0.248. The molecule has 4 rings (SSSR count). The number of para-hydroxylation sites is 1. The maximum atomic E-state index is 12.8. The molecular formula is C21H21N3O4. The number of hydrogen-bond donors (Lipinski definition) is 1. The summed E-state index contributed by atoms with van der Waals surface area (Å²) in [5.41, 5.74) is 2.49. The normalized spacial score (nSPS) is 12.2. The van der Waals surface area contributed by atoms with E-state index in [2.05, 4.69) is 5.32 Å². The number of carbonyl (C=O) groups excluding carboxylic acids is 1. The van der Waals surface area contributed by atoms with E-state index in [4.69, 9.17) is 9.47 Å². The first-order chi connectivity index (χ1) is 13.5. The number of ether oxygens (including phenoxy) is 2. The van der Waals surface area contributed by atoms with Crippen molar-refractivity contribution >= 4 is 11.6 Å². The molecule has 0 saturated heterocycles. The zero-order chi connectivity index (χ0) is 19.7. The van der Waals surface area contributed by atoms with Gasteiger partial charge in [-0.1, -0.05) is 24.3 Å². The lowest BCUT2D eigenvalue weighted by Gasteiger charge is -2.07. The number of nitrogens with zero attached hydrogens (tertiary/aromatic N) is 2. The first-order valence-electron chi connectivity index (χ1n) is 9.07. The van der Waals surface area contributed by atoms with Crippen LogP contribution < -0.4 is 20.3 Å². The largest absolute Gasteiger partial charge is 0.454 e. The number of fused-ring (bicyclic) bond motifs is 1. The molecule has 2 heterocycles. The minimum absolute atomic E-state index is 0.205. The Morgan fingerprint density at radius 3 is 2.64 bits per heavy atom. The number of aromatic nitrogens is 2. The van der Waals surface area contributed by atoms with Crippen LogP contribution in [0.1, 0.15) is 17.7 Å². The van der Waals surface area contributed by atoms with Gasteiger partial charge in [0.15, 0.2) is 11.5 Å². The maximum absolute atomic E-state index is 12.8. The fraction of sp³-hybridized carbons (Fsp3) is 0.238. The Bertz CT molecular complexity index is 1080. The average molecular weight is 379 g/mol. The van der Waals surface area contributed by atoms with Gasteiger partial charge < -0.3 is 14.8 Å². The van der Waals surface area contributed by atoms with Crippen molar-refractivity contribution in [2.75, 3.05) is 12.1 Å². The van der Waals surface area contributed by atoms with Gasteiger partial charge in [0.05, 0.1) is 11.4 Å². The van der Waals surface area contributed by atoms with Crippen LogP contribution >= 0.6 is 0 Å². The molecule has 0 radical (unpaired) electrons. The van der Waals surface area contributed by atoms with Crippen molar-refractivity contribution in [3.8, 4) is 17.2 Å². The van der Waals surface area contributed by atoms with Gasteiger partial charge in [-0.25, -0.2) is 4.68 Å². The Kier molecular flexibility index (Phi) is 4.65. The molecule has 1 aliphatic heterocycles. The summed E-state index contributed by atoms with van der Waals surface area (Å²) in [4.78, 5) is 25.3. The summed E-state index contributed by atoms with van der Waals surface area (Å²) in [5, 5.41) is 2.78. The molecule has 2 aromatic carbocycles. The molecule has 7 heteroatoms. The first-order valence-corrected chi connectivity index (χ1v) is 9.07. The summed E-state index contributed by atoms with van der Waals surface area (Å²) in [6.07, 6.45) is 0.806. The Hall–Kier alpha value is -3.48. The first kappa shape index (κ1) is 17.9. The molecule has 0 aliphatic carbocycles. The zero-order valence-corrected chi connectivity index (χ0v) is 15.8. The lowest BCUT2D eigenvalue weighted by molar-refractivity contribution is -0.116. The topological polar surface area (TPSA) is 74.5 Å². The van der Waals surface area contributed by atoms with Crippen LogP contribution in [0.3, 0.4) is 0 Å². The van der Waals surface area contributed by atoms with Crippen LogP contribution in [0, 0.1) is 6.92 Å². The summed E-state index contributed by atoms with van der Waals surface area (Å²) >= 11 is 0. The van der Waals surface area contributed by atoms with Gasteiger partial charge in [0, 0.05) is 13.5 Å². The van der Waals surface area contributed by atoms with Crippen molar-refractivity contribution in [3.63, 3.8) is 0 Å². The molecule has 0 spiro atoms. The van der Waals surface area contributed by atoms with Crippen LogP contribution in [-0.2, 0) is 18.3 Å². The van der Waals surface area contributed by atoms with E-state index in [1.54, 1.807) is 16.4 Å². The standard InChI is InChI=1S/C21H21N3O4/c1-14-20(21(26)24(23(14)2)16-6-4-3-5-7-16)22-19(25)11-9-15-8-10-17-18(12-15)28-13-27-17/h3-8,10,12H,9,11,13H2,1-2H3,(H,22,25). The maximum Gasteiger partial charge on any atom is 0.295 e. The molecule has 28 heavy (non-hydrogen) atoms. The van der Waals surface area contributed by atoms with Gasteiger partial charge >= 0.3 is 0 Å². The van der Waals surface area contributed by atoms with Gasteiger partial charge in [-0.3, -0.25) is 14.3 Å². The number of aryl methyl sites for hydroxylation is 1. The highest BCUT2D eigenvalue weighted by Crippen LogP contribution is 2.32. The summed E-state index contributed by atoms with van der Waals surface area (Å²) in [5.74, 6) is 1.21. The Labute approximate surface area is 162 Å². The number of rotatable bonds is 5. The van der Waals surface area contributed by atoms with Gasteiger partial charge in [-0.05, 0) is 43.2 Å². The highest BCUT2D eigenvalue weighted by atomic mass is 16.7. The van der Waals surface area contributed by atoms with Gasteiger partial charge in [0.25, 0.3) is 5.56 Å². The molecule has 3 aromatic rings. The monoisotopic (exact) mass is 379 g/mol. The molecule has 0 bridgehead atoms. The van der Waals surface area contributed by atoms with Crippen molar-refractivity contribution < 1.29 is 14.3 Å². The predicted molar refractivity (Wildman–Crippen MR) is 105 cm³/mol. The van der Waals surface area contributed by atoms with Gasteiger partial charge in [0.1, 0.15) is 5.69 Å². The van der Waals surface area contributed by atoms with Crippen molar-refractivity contribution in [2.24, 2.45) is 7.05 Å². The lowest BCUT2D eigenvalue weighted by atomic mass is 10.1. The quantitative estimate of drug-likeness (QED) is 0.740. The molecule has 1 amide bonds. The highest BCUT2D eigenvalue weighted by Gasteiger charge is 2.18. The number of anilines is 1. The molecular weight excluding hydrogens is 358 g/mol. The van der Waals surface area contributed by atoms with Crippen molar-refractivity contribution in [1.82, 2.24) is 9.36 Å². The summed E-state index contributed by atoms with van der Waals surface area (Å²) in [7, 11) is 1.80. The van der Waals surface area contributed by atoms with Gasteiger partial charge in [0.2, 0.25) is 12.7 Å². The number of hydrogen-bond acceptors (Lipinski definition) is 4. The molecule has 7 nitrogen and oxygen atoms in total. The Balaban J connectivity index is 1.48. The van der Waals surface area contributed by atoms with E-state index in [9.17, 15) is 9.59 Å². The molecule has 0 unspecified atom stereocenters. The van der Waals surface area contributed by atoms with E-state index >= 15 is 0 Å². The number of benzene rings is 2. The molecule has 1 aromatic heterocycles. The van der Waals surface area contributed by atoms with Crippen LogP contribution in [0.4, 0.5) is 5.69 Å². The fourth-order valence-corrected chi connectivity index (χ4v) is 3.27. The number of carbonyl (C=O) groups is 1. The van der Waals surface area contributed by atoms with Crippen LogP contribution in [0.2, 0.25) is 0 Å². The van der Waals surface area contributed by atoms with Crippen LogP contribution in [0.5, 0.6) is 11.5 Å². The molecule has 0 fully saturated rings. The number of nitrogens with one attached hydrogen (secondary N) is 1. The number of amides is 1. The molecule has 0 atom stereocenters. The van der Waals surface area contributed by atoms with E-state index in [-0.39, 0.29) is 24.7 Å². The highest BCUT2D eigenvalue weighted by molar-refractivity contribution is 5.91. The summed E-state index contributed by atoms with van der Waals surface area (Å²) in [6, 6.07) is 15.0. The SMILES string of the molecule is Cc1c(NC(=O)CCc2ccc3c(c2)OCO3)c(=O)n(-c2ccccc2)n1C.